The maximum Gasteiger partial charge on any atom is 0.123 e. The summed E-state index contributed by atoms with van der Waals surface area (Å²) >= 11 is 4.91. The van der Waals surface area contributed by atoms with Crippen LogP contribution in [0.5, 0.6) is 0 Å². The number of benzene rings is 1. The fourth-order valence-electron chi connectivity index (χ4n) is 1.11. The van der Waals surface area contributed by atoms with Crippen LogP contribution in [0, 0.1) is 5.41 Å². The standard InChI is InChI=1S/C11H15BrN2OS/c1-6(15)7(2)16-10-5-8(12)3-4-9(10)11(13)14/h3-7,15H,1-2H3,(H3,13,14). The molecule has 1 aromatic carbocycles. The third kappa shape index (κ3) is 3.50. The van der Waals surface area contributed by atoms with Crippen LogP contribution in [0.25, 0.3) is 0 Å². The van der Waals surface area contributed by atoms with Crippen LogP contribution < -0.4 is 5.73 Å². The molecule has 0 saturated heterocycles. The van der Waals surface area contributed by atoms with Crippen LogP contribution in [-0.2, 0) is 0 Å². The number of halogens is 1. The summed E-state index contributed by atoms with van der Waals surface area (Å²) in [6.45, 7) is 3.70. The Morgan fingerprint density at radius 2 is 2.12 bits per heavy atom. The van der Waals surface area contributed by atoms with Crippen LogP contribution in [0.2, 0.25) is 0 Å². The molecule has 4 N–H and O–H groups in total. The first kappa shape index (κ1) is 13.5. The lowest BCUT2D eigenvalue weighted by Gasteiger charge is -2.16. The van der Waals surface area contributed by atoms with E-state index in [0.717, 1.165) is 9.37 Å². The molecule has 0 fully saturated rings. The number of thioether (sulfide) groups is 1. The Hall–Kier alpha value is -0.520. The molecule has 0 aliphatic heterocycles. The van der Waals surface area contributed by atoms with Crippen molar-refractivity contribution in [3.8, 4) is 0 Å². The maximum absolute atomic E-state index is 9.46. The van der Waals surface area contributed by atoms with Gasteiger partial charge in [0.1, 0.15) is 5.84 Å². The van der Waals surface area contributed by atoms with E-state index in [1.807, 2.05) is 25.1 Å². The number of rotatable bonds is 4. The van der Waals surface area contributed by atoms with E-state index < -0.39 is 6.10 Å². The van der Waals surface area contributed by atoms with Crippen molar-refractivity contribution >= 4 is 33.5 Å². The highest BCUT2D eigenvalue weighted by molar-refractivity contribution is 9.10. The van der Waals surface area contributed by atoms with Crippen molar-refractivity contribution in [3.63, 3.8) is 0 Å². The number of amidine groups is 1. The number of aliphatic hydroxyl groups is 1. The third-order valence-electron chi connectivity index (χ3n) is 2.23. The summed E-state index contributed by atoms with van der Waals surface area (Å²) in [4.78, 5) is 0.912. The molecule has 1 aromatic rings. The molecule has 0 spiro atoms. The molecular formula is C11H15BrN2OS. The van der Waals surface area contributed by atoms with Gasteiger partial charge in [-0.05, 0) is 25.1 Å². The van der Waals surface area contributed by atoms with Gasteiger partial charge in [0.2, 0.25) is 0 Å². The molecular weight excluding hydrogens is 288 g/mol. The second-order valence-corrected chi connectivity index (χ2v) is 5.95. The smallest absolute Gasteiger partial charge is 0.123 e. The monoisotopic (exact) mass is 302 g/mol. The van der Waals surface area contributed by atoms with E-state index in [1.54, 1.807) is 6.92 Å². The van der Waals surface area contributed by atoms with E-state index in [4.69, 9.17) is 11.1 Å². The number of nitrogen functional groups attached to an aromatic ring is 1. The van der Waals surface area contributed by atoms with Crippen LogP contribution in [0.15, 0.2) is 27.6 Å². The zero-order chi connectivity index (χ0) is 12.3. The summed E-state index contributed by atoms with van der Waals surface area (Å²) < 4.78 is 0.942. The fraction of sp³-hybridized carbons (Fsp3) is 0.364. The van der Waals surface area contributed by atoms with Gasteiger partial charge in [0.25, 0.3) is 0 Å². The molecule has 0 saturated carbocycles. The molecule has 0 amide bonds. The zero-order valence-corrected chi connectivity index (χ0v) is 11.6. The molecule has 16 heavy (non-hydrogen) atoms. The number of aliphatic hydroxyl groups excluding tert-OH is 1. The highest BCUT2D eigenvalue weighted by Gasteiger charge is 2.14. The molecule has 3 nitrogen and oxygen atoms in total. The van der Waals surface area contributed by atoms with Crippen LogP contribution in [0.4, 0.5) is 0 Å². The van der Waals surface area contributed by atoms with Crippen molar-refractivity contribution in [1.82, 2.24) is 0 Å². The number of hydrogen-bond acceptors (Lipinski definition) is 3. The summed E-state index contributed by atoms with van der Waals surface area (Å²) in [6, 6.07) is 5.58. The second-order valence-electron chi connectivity index (χ2n) is 3.62. The summed E-state index contributed by atoms with van der Waals surface area (Å²) in [6.07, 6.45) is -0.399. The first-order chi connectivity index (χ1) is 7.41. The lowest BCUT2D eigenvalue weighted by atomic mass is 10.2. The molecule has 0 radical (unpaired) electrons. The number of nitrogens with two attached hydrogens (primary N) is 1. The van der Waals surface area contributed by atoms with Gasteiger partial charge in [-0.15, -0.1) is 11.8 Å². The zero-order valence-electron chi connectivity index (χ0n) is 9.20. The Kier molecular flexibility index (Phi) is 4.83. The minimum Gasteiger partial charge on any atom is -0.392 e. The molecule has 88 valence electrons. The van der Waals surface area contributed by atoms with Gasteiger partial charge in [-0.1, -0.05) is 22.9 Å². The SMILES string of the molecule is CC(O)C(C)Sc1cc(Br)ccc1C(=N)N. The Labute approximate surface area is 108 Å². The van der Waals surface area contributed by atoms with Crippen molar-refractivity contribution in [2.45, 2.75) is 30.1 Å². The van der Waals surface area contributed by atoms with Crippen LogP contribution >= 0.6 is 27.7 Å². The number of nitrogens with one attached hydrogen (secondary N) is 1. The van der Waals surface area contributed by atoms with Gasteiger partial charge in [-0.3, -0.25) is 5.41 Å². The topological polar surface area (TPSA) is 70.1 Å². The summed E-state index contributed by atoms with van der Waals surface area (Å²) in [5, 5.41) is 17.0. The first-order valence-corrected chi connectivity index (χ1v) is 6.57. The molecule has 0 aliphatic rings. The first-order valence-electron chi connectivity index (χ1n) is 4.90. The molecule has 0 heterocycles. The van der Waals surface area contributed by atoms with E-state index in [1.165, 1.54) is 11.8 Å². The Morgan fingerprint density at radius 3 is 2.62 bits per heavy atom. The van der Waals surface area contributed by atoms with E-state index >= 15 is 0 Å². The van der Waals surface area contributed by atoms with Gasteiger partial charge < -0.3 is 10.8 Å². The van der Waals surface area contributed by atoms with E-state index in [0.29, 0.717) is 5.56 Å². The van der Waals surface area contributed by atoms with Gasteiger partial charge >= 0.3 is 0 Å². The van der Waals surface area contributed by atoms with Gasteiger partial charge in [0, 0.05) is 20.2 Å². The summed E-state index contributed by atoms with van der Waals surface area (Å²) in [5.74, 6) is 0.0489. The van der Waals surface area contributed by atoms with E-state index in [-0.39, 0.29) is 11.1 Å². The minimum absolute atomic E-state index is 0.0489. The Balaban J connectivity index is 3.01. The fourth-order valence-corrected chi connectivity index (χ4v) is 2.72. The molecule has 0 aromatic heterocycles. The average Bonchev–Trinajstić information content (AvgIpc) is 2.16. The maximum atomic E-state index is 9.46. The molecule has 1 rings (SSSR count). The highest BCUT2D eigenvalue weighted by Crippen LogP contribution is 2.30. The van der Waals surface area contributed by atoms with E-state index in [9.17, 15) is 5.11 Å². The quantitative estimate of drug-likeness (QED) is 0.455. The van der Waals surface area contributed by atoms with Crippen molar-refractivity contribution in [3.05, 3.63) is 28.2 Å². The van der Waals surface area contributed by atoms with Crippen LogP contribution in [0.3, 0.4) is 0 Å². The molecule has 2 unspecified atom stereocenters. The lowest BCUT2D eigenvalue weighted by Crippen LogP contribution is -2.17. The minimum atomic E-state index is -0.399. The largest absolute Gasteiger partial charge is 0.392 e. The Morgan fingerprint density at radius 1 is 1.50 bits per heavy atom. The van der Waals surface area contributed by atoms with Crippen LogP contribution in [-0.4, -0.2) is 22.3 Å². The van der Waals surface area contributed by atoms with Crippen molar-refractivity contribution < 1.29 is 5.11 Å². The lowest BCUT2D eigenvalue weighted by molar-refractivity contribution is 0.196. The highest BCUT2D eigenvalue weighted by atomic mass is 79.9. The van der Waals surface area contributed by atoms with Crippen molar-refractivity contribution in [2.75, 3.05) is 0 Å². The average molecular weight is 303 g/mol. The summed E-state index contributed by atoms with van der Waals surface area (Å²) in [7, 11) is 0. The molecule has 2 atom stereocenters. The Bertz CT molecular complexity index is 396. The third-order valence-corrected chi connectivity index (χ3v) is 4.08. The van der Waals surface area contributed by atoms with Crippen LogP contribution in [0.1, 0.15) is 19.4 Å². The van der Waals surface area contributed by atoms with Gasteiger partial charge in [-0.25, -0.2) is 0 Å². The number of hydrogen-bond donors (Lipinski definition) is 3. The predicted octanol–water partition coefficient (Wildman–Crippen LogP) is 2.59. The van der Waals surface area contributed by atoms with Gasteiger partial charge in [0.15, 0.2) is 0 Å². The van der Waals surface area contributed by atoms with Gasteiger partial charge in [0.05, 0.1) is 6.10 Å². The van der Waals surface area contributed by atoms with Crippen molar-refractivity contribution in [2.24, 2.45) is 5.73 Å². The van der Waals surface area contributed by atoms with E-state index in [2.05, 4.69) is 15.9 Å². The normalized spacial score (nSPS) is 14.5. The molecule has 0 aliphatic carbocycles. The van der Waals surface area contributed by atoms with Crippen molar-refractivity contribution in [1.29, 1.82) is 5.41 Å². The second kappa shape index (κ2) is 5.70. The molecule has 5 heteroatoms. The summed E-state index contributed by atoms with van der Waals surface area (Å²) in [5.41, 5.74) is 6.22. The predicted molar refractivity (Wildman–Crippen MR) is 72.2 cm³/mol. The molecule has 0 bridgehead atoms. The van der Waals surface area contributed by atoms with Gasteiger partial charge in [-0.2, -0.15) is 0 Å².